The molecule has 110 valence electrons. The van der Waals surface area contributed by atoms with E-state index in [1.54, 1.807) is 18.2 Å². The summed E-state index contributed by atoms with van der Waals surface area (Å²) in [6.07, 6.45) is 0. The quantitative estimate of drug-likeness (QED) is 0.854. The van der Waals surface area contributed by atoms with E-state index in [1.807, 2.05) is 43.3 Å². The van der Waals surface area contributed by atoms with Gasteiger partial charge in [0, 0.05) is 31.2 Å². The van der Waals surface area contributed by atoms with Crippen LogP contribution in [-0.4, -0.2) is 20.0 Å². The van der Waals surface area contributed by atoms with Gasteiger partial charge in [-0.25, -0.2) is 0 Å². The van der Waals surface area contributed by atoms with Crippen LogP contribution in [0.15, 0.2) is 42.5 Å². The molecular formula is C16H18ClN3O. The summed E-state index contributed by atoms with van der Waals surface area (Å²) in [5.41, 5.74) is 8.91. The molecule has 0 aliphatic rings. The minimum absolute atomic E-state index is 0.160. The van der Waals surface area contributed by atoms with Crippen LogP contribution in [0.3, 0.4) is 0 Å². The van der Waals surface area contributed by atoms with Crippen molar-refractivity contribution in [2.75, 3.05) is 24.7 Å². The van der Waals surface area contributed by atoms with E-state index in [-0.39, 0.29) is 5.91 Å². The average Bonchev–Trinajstić information content (AvgIpc) is 2.44. The Morgan fingerprint density at radius 2 is 2.00 bits per heavy atom. The van der Waals surface area contributed by atoms with Gasteiger partial charge < -0.3 is 16.0 Å². The summed E-state index contributed by atoms with van der Waals surface area (Å²) in [6, 6.07) is 12.7. The number of nitrogen functional groups attached to an aromatic ring is 1. The fourth-order valence-corrected chi connectivity index (χ4v) is 2.25. The van der Waals surface area contributed by atoms with Crippen LogP contribution in [0.4, 0.5) is 11.4 Å². The monoisotopic (exact) mass is 303 g/mol. The Balaban J connectivity index is 2.05. The minimum atomic E-state index is -0.160. The number of halogens is 1. The molecule has 0 aliphatic carbocycles. The maximum Gasteiger partial charge on any atom is 0.251 e. The Morgan fingerprint density at radius 1 is 1.24 bits per heavy atom. The number of hydrogen-bond acceptors (Lipinski definition) is 3. The number of amides is 1. The SMILES string of the molecule is CN(C)c1ccc(C(=O)NCc2cccc(Cl)c2)cc1N. The van der Waals surface area contributed by atoms with Gasteiger partial charge >= 0.3 is 0 Å². The number of carbonyl (C=O) groups excluding carboxylic acids is 1. The van der Waals surface area contributed by atoms with Crippen molar-refractivity contribution < 1.29 is 4.79 Å². The van der Waals surface area contributed by atoms with E-state index < -0.39 is 0 Å². The maximum atomic E-state index is 12.1. The lowest BCUT2D eigenvalue weighted by atomic mass is 10.1. The number of nitrogens with zero attached hydrogens (tertiary/aromatic N) is 1. The van der Waals surface area contributed by atoms with Gasteiger partial charge in [0.05, 0.1) is 11.4 Å². The van der Waals surface area contributed by atoms with Crippen LogP contribution in [0.25, 0.3) is 0 Å². The molecule has 21 heavy (non-hydrogen) atoms. The lowest BCUT2D eigenvalue weighted by Gasteiger charge is -2.16. The Hall–Kier alpha value is -2.20. The van der Waals surface area contributed by atoms with Crippen molar-refractivity contribution in [2.45, 2.75) is 6.54 Å². The normalized spacial score (nSPS) is 10.2. The predicted molar refractivity (Wildman–Crippen MR) is 87.8 cm³/mol. The summed E-state index contributed by atoms with van der Waals surface area (Å²) < 4.78 is 0. The number of rotatable bonds is 4. The van der Waals surface area contributed by atoms with E-state index >= 15 is 0 Å². The summed E-state index contributed by atoms with van der Waals surface area (Å²) in [6.45, 7) is 0.425. The van der Waals surface area contributed by atoms with Crippen LogP contribution in [0.1, 0.15) is 15.9 Å². The molecule has 4 nitrogen and oxygen atoms in total. The first-order valence-corrected chi connectivity index (χ1v) is 6.94. The Bertz CT molecular complexity index is 656. The van der Waals surface area contributed by atoms with Crippen LogP contribution in [-0.2, 0) is 6.54 Å². The van der Waals surface area contributed by atoms with Gasteiger partial charge in [0.2, 0.25) is 0 Å². The molecule has 0 bridgehead atoms. The fraction of sp³-hybridized carbons (Fsp3) is 0.188. The molecular weight excluding hydrogens is 286 g/mol. The topological polar surface area (TPSA) is 58.4 Å². The molecule has 0 heterocycles. The molecule has 0 radical (unpaired) electrons. The molecule has 0 atom stereocenters. The fourth-order valence-electron chi connectivity index (χ4n) is 2.03. The van der Waals surface area contributed by atoms with Crippen molar-refractivity contribution in [1.29, 1.82) is 0 Å². The van der Waals surface area contributed by atoms with E-state index in [0.717, 1.165) is 11.3 Å². The first kappa shape index (κ1) is 15.2. The Kier molecular flexibility index (Phi) is 4.70. The van der Waals surface area contributed by atoms with Gasteiger partial charge in [-0.2, -0.15) is 0 Å². The summed E-state index contributed by atoms with van der Waals surface area (Å²) in [5.74, 6) is -0.160. The molecule has 1 amide bonds. The van der Waals surface area contributed by atoms with Crippen LogP contribution in [0.5, 0.6) is 0 Å². The second kappa shape index (κ2) is 6.50. The highest BCUT2D eigenvalue weighted by atomic mass is 35.5. The van der Waals surface area contributed by atoms with Crippen molar-refractivity contribution in [2.24, 2.45) is 0 Å². The third-order valence-corrected chi connectivity index (χ3v) is 3.35. The van der Waals surface area contributed by atoms with Crippen LogP contribution >= 0.6 is 11.6 Å². The lowest BCUT2D eigenvalue weighted by Crippen LogP contribution is -2.23. The molecule has 2 rings (SSSR count). The summed E-state index contributed by atoms with van der Waals surface area (Å²) in [4.78, 5) is 14.0. The first-order valence-electron chi connectivity index (χ1n) is 6.57. The van der Waals surface area contributed by atoms with Crippen molar-refractivity contribution in [3.05, 3.63) is 58.6 Å². The third-order valence-electron chi connectivity index (χ3n) is 3.11. The van der Waals surface area contributed by atoms with Crippen LogP contribution < -0.4 is 16.0 Å². The number of carbonyl (C=O) groups is 1. The second-order valence-corrected chi connectivity index (χ2v) is 5.42. The van der Waals surface area contributed by atoms with Gasteiger partial charge in [-0.1, -0.05) is 23.7 Å². The van der Waals surface area contributed by atoms with Crippen molar-refractivity contribution in [3.63, 3.8) is 0 Å². The minimum Gasteiger partial charge on any atom is -0.397 e. The molecule has 0 fully saturated rings. The largest absolute Gasteiger partial charge is 0.397 e. The zero-order valence-corrected chi connectivity index (χ0v) is 12.8. The first-order chi connectivity index (χ1) is 9.97. The maximum absolute atomic E-state index is 12.1. The Labute approximate surface area is 129 Å². The second-order valence-electron chi connectivity index (χ2n) is 4.98. The summed E-state index contributed by atoms with van der Waals surface area (Å²) >= 11 is 5.91. The van der Waals surface area contributed by atoms with Crippen molar-refractivity contribution in [3.8, 4) is 0 Å². The number of hydrogen-bond donors (Lipinski definition) is 2. The van der Waals surface area contributed by atoms with E-state index in [0.29, 0.717) is 22.8 Å². The molecule has 0 aromatic heterocycles. The zero-order chi connectivity index (χ0) is 15.4. The highest BCUT2D eigenvalue weighted by Gasteiger charge is 2.09. The number of benzene rings is 2. The van der Waals surface area contributed by atoms with Gasteiger partial charge in [0.25, 0.3) is 5.91 Å². The Morgan fingerprint density at radius 3 is 2.62 bits per heavy atom. The highest BCUT2D eigenvalue weighted by molar-refractivity contribution is 6.30. The van der Waals surface area contributed by atoms with Crippen LogP contribution in [0.2, 0.25) is 5.02 Å². The molecule has 0 saturated heterocycles. The number of nitrogens with two attached hydrogens (primary N) is 1. The van der Waals surface area contributed by atoms with Gasteiger partial charge in [-0.15, -0.1) is 0 Å². The van der Waals surface area contributed by atoms with Gasteiger partial charge in [-0.3, -0.25) is 4.79 Å². The van der Waals surface area contributed by atoms with Crippen LogP contribution in [0, 0.1) is 0 Å². The highest BCUT2D eigenvalue weighted by Crippen LogP contribution is 2.22. The number of anilines is 2. The van der Waals surface area contributed by atoms with Gasteiger partial charge in [-0.05, 0) is 35.9 Å². The van der Waals surface area contributed by atoms with E-state index in [2.05, 4.69) is 5.32 Å². The van der Waals surface area contributed by atoms with Gasteiger partial charge in [0.15, 0.2) is 0 Å². The third kappa shape index (κ3) is 3.89. The standard InChI is InChI=1S/C16H18ClN3O/c1-20(2)15-7-6-12(9-14(15)18)16(21)19-10-11-4-3-5-13(17)8-11/h3-9H,10,18H2,1-2H3,(H,19,21). The predicted octanol–water partition coefficient (Wildman–Crippen LogP) is 2.92. The molecule has 5 heteroatoms. The van der Waals surface area contributed by atoms with Crippen molar-refractivity contribution in [1.82, 2.24) is 5.32 Å². The lowest BCUT2D eigenvalue weighted by molar-refractivity contribution is 0.0951. The molecule has 0 aliphatic heterocycles. The number of nitrogens with one attached hydrogen (secondary N) is 1. The molecule has 0 saturated carbocycles. The molecule has 2 aromatic carbocycles. The average molecular weight is 304 g/mol. The molecule has 2 aromatic rings. The molecule has 0 spiro atoms. The van der Waals surface area contributed by atoms with E-state index in [1.165, 1.54) is 0 Å². The van der Waals surface area contributed by atoms with E-state index in [4.69, 9.17) is 17.3 Å². The zero-order valence-electron chi connectivity index (χ0n) is 12.1. The smallest absolute Gasteiger partial charge is 0.251 e. The molecule has 3 N–H and O–H groups in total. The van der Waals surface area contributed by atoms with E-state index in [9.17, 15) is 4.79 Å². The van der Waals surface area contributed by atoms with Gasteiger partial charge in [0.1, 0.15) is 0 Å². The summed E-state index contributed by atoms with van der Waals surface area (Å²) in [7, 11) is 3.81. The summed E-state index contributed by atoms with van der Waals surface area (Å²) in [5, 5.41) is 3.51. The molecule has 0 unspecified atom stereocenters. The van der Waals surface area contributed by atoms with Crippen molar-refractivity contribution >= 4 is 28.9 Å².